The fourth-order valence-corrected chi connectivity index (χ4v) is 1.45. The van der Waals surface area contributed by atoms with Gasteiger partial charge in [0.15, 0.2) is 5.78 Å². The molecule has 0 bridgehead atoms. The highest BCUT2D eigenvalue weighted by Gasteiger charge is 2.29. The first kappa shape index (κ1) is 10.2. The van der Waals surface area contributed by atoms with Gasteiger partial charge in [-0.1, -0.05) is 12.2 Å². The van der Waals surface area contributed by atoms with Crippen molar-refractivity contribution in [3.8, 4) is 0 Å². The lowest BCUT2D eigenvalue weighted by Crippen LogP contribution is -2.22. The summed E-state index contributed by atoms with van der Waals surface area (Å²) in [4.78, 5) is 30.5. The maximum absolute atomic E-state index is 11.8. The monoisotopic (exact) mass is 216 g/mol. The third kappa shape index (κ3) is 1.75. The summed E-state index contributed by atoms with van der Waals surface area (Å²) in [5, 5.41) is 8.81. The van der Waals surface area contributed by atoms with Gasteiger partial charge in [-0.3, -0.25) is 4.79 Å². The molecule has 1 aromatic heterocycles. The van der Waals surface area contributed by atoms with Gasteiger partial charge < -0.3 is 5.11 Å². The SMILES string of the molecule is O=C(O)C1=CC=CC(c2ncccn2)C1=O. The third-order valence-corrected chi connectivity index (χ3v) is 2.21. The lowest BCUT2D eigenvalue weighted by molar-refractivity contribution is -0.134. The average molecular weight is 216 g/mol. The number of ketones is 1. The van der Waals surface area contributed by atoms with Crippen LogP contribution in [0.25, 0.3) is 0 Å². The van der Waals surface area contributed by atoms with Crippen LogP contribution in [0, 0.1) is 0 Å². The molecule has 80 valence electrons. The van der Waals surface area contributed by atoms with Crippen LogP contribution in [0.1, 0.15) is 11.7 Å². The molecule has 0 aromatic carbocycles. The van der Waals surface area contributed by atoms with Crippen LogP contribution in [0.15, 0.2) is 42.3 Å². The Morgan fingerprint density at radius 1 is 1.31 bits per heavy atom. The number of Topliss-reactive ketones (excluding diaryl/α,β-unsaturated/α-hetero) is 1. The number of carboxylic acids is 1. The second-order valence-electron chi connectivity index (χ2n) is 3.22. The van der Waals surface area contributed by atoms with E-state index in [0.29, 0.717) is 5.82 Å². The predicted molar refractivity (Wildman–Crippen MR) is 54.6 cm³/mol. The highest BCUT2D eigenvalue weighted by Crippen LogP contribution is 2.22. The van der Waals surface area contributed by atoms with E-state index >= 15 is 0 Å². The minimum atomic E-state index is -1.23. The molecular formula is C11H8N2O3. The molecule has 1 aromatic rings. The summed E-state index contributed by atoms with van der Waals surface area (Å²) >= 11 is 0. The molecule has 0 aliphatic heterocycles. The molecule has 0 fully saturated rings. The minimum Gasteiger partial charge on any atom is -0.478 e. The number of carbonyl (C=O) groups is 2. The first-order valence-corrected chi connectivity index (χ1v) is 4.63. The van der Waals surface area contributed by atoms with Crippen molar-refractivity contribution < 1.29 is 14.7 Å². The number of allylic oxidation sites excluding steroid dienone is 3. The lowest BCUT2D eigenvalue weighted by atomic mass is 9.92. The van der Waals surface area contributed by atoms with E-state index in [-0.39, 0.29) is 5.57 Å². The van der Waals surface area contributed by atoms with Crippen molar-refractivity contribution in [2.45, 2.75) is 5.92 Å². The number of hydrogen-bond donors (Lipinski definition) is 1. The second-order valence-corrected chi connectivity index (χ2v) is 3.22. The van der Waals surface area contributed by atoms with Gasteiger partial charge in [0, 0.05) is 12.4 Å². The van der Waals surface area contributed by atoms with Gasteiger partial charge in [-0.2, -0.15) is 0 Å². The number of hydrogen-bond acceptors (Lipinski definition) is 4. The van der Waals surface area contributed by atoms with E-state index in [9.17, 15) is 9.59 Å². The zero-order chi connectivity index (χ0) is 11.5. The third-order valence-electron chi connectivity index (χ3n) is 2.21. The number of aliphatic carboxylic acids is 1. The van der Waals surface area contributed by atoms with Crippen molar-refractivity contribution in [1.29, 1.82) is 0 Å². The number of aromatic nitrogens is 2. The molecule has 0 saturated carbocycles. The van der Waals surface area contributed by atoms with Crippen LogP contribution in [-0.2, 0) is 9.59 Å². The lowest BCUT2D eigenvalue weighted by Gasteiger charge is -2.13. The topological polar surface area (TPSA) is 80.2 Å². The number of carbonyl (C=O) groups excluding carboxylic acids is 1. The van der Waals surface area contributed by atoms with Crippen molar-refractivity contribution >= 4 is 11.8 Å². The Morgan fingerprint density at radius 2 is 2.00 bits per heavy atom. The standard InChI is InChI=1S/C11H8N2O3/c14-9-7(10-12-5-2-6-13-10)3-1-4-8(9)11(15)16/h1-7H,(H,15,16). The van der Waals surface area contributed by atoms with E-state index in [0.717, 1.165) is 0 Å². The molecular weight excluding hydrogens is 208 g/mol. The molecule has 1 aliphatic carbocycles. The van der Waals surface area contributed by atoms with Crippen LogP contribution in [0.5, 0.6) is 0 Å². The molecule has 1 atom stereocenters. The van der Waals surface area contributed by atoms with Crippen molar-refractivity contribution in [2.75, 3.05) is 0 Å². The molecule has 16 heavy (non-hydrogen) atoms. The smallest absolute Gasteiger partial charge is 0.339 e. The number of rotatable bonds is 2. The fraction of sp³-hybridized carbons (Fsp3) is 0.0909. The molecule has 1 aliphatic rings. The first-order valence-electron chi connectivity index (χ1n) is 4.63. The van der Waals surface area contributed by atoms with E-state index in [1.807, 2.05) is 0 Å². The van der Waals surface area contributed by atoms with Crippen LogP contribution >= 0.6 is 0 Å². The largest absolute Gasteiger partial charge is 0.478 e. The molecule has 0 radical (unpaired) electrons. The van der Waals surface area contributed by atoms with Gasteiger partial charge in [0.05, 0.1) is 0 Å². The van der Waals surface area contributed by atoms with Crippen LogP contribution < -0.4 is 0 Å². The van der Waals surface area contributed by atoms with Crippen molar-refractivity contribution in [3.05, 3.63) is 48.1 Å². The van der Waals surface area contributed by atoms with E-state index in [1.54, 1.807) is 12.1 Å². The normalized spacial score (nSPS) is 19.4. The quantitative estimate of drug-likeness (QED) is 0.736. The van der Waals surface area contributed by atoms with Gasteiger partial charge in [-0.05, 0) is 12.1 Å². The number of nitrogens with zero attached hydrogens (tertiary/aromatic N) is 2. The summed E-state index contributed by atoms with van der Waals surface area (Å²) < 4.78 is 0. The summed E-state index contributed by atoms with van der Waals surface area (Å²) in [7, 11) is 0. The van der Waals surface area contributed by atoms with Gasteiger partial charge in [-0.15, -0.1) is 0 Å². The Labute approximate surface area is 91.2 Å². The molecule has 0 spiro atoms. The van der Waals surface area contributed by atoms with Crippen LogP contribution in [0.4, 0.5) is 0 Å². The highest BCUT2D eigenvalue weighted by molar-refractivity contribution is 6.20. The number of carboxylic acid groups (broad SMARTS) is 1. The van der Waals surface area contributed by atoms with Gasteiger partial charge in [-0.25, -0.2) is 14.8 Å². The van der Waals surface area contributed by atoms with Crippen molar-refractivity contribution in [3.63, 3.8) is 0 Å². The summed E-state index contributed by atoms with van der Waals surface area (Å²) in [6.07, 6.45) is 7.44. The summed E-state index contributed by atoms with van der Waals surface area (Å²) in [5.74, 6) is -2.09. The van der Waals surface area contributed by atoms with Gasteiger partial charge in [0.25, 0.3) is 0 Å². The van der Waals surface area contributed by atoms with Gasteiger partial charge in [0.1, 0.15) is 17.3 Å². The summed E-state index contributed by atoms with van der Waals surface area (Å²) in [6, 6.07) is 1.63. The Bertz CT molecular complexity index is 491. The molecule has 2 rings (SSSR count). The highest BCUT2D eigenvalue weighted by atomic mass is 16.4. The van der Waals surface area contributed by atoms with Gasteiger partial charge in [0.2, 0.25) is 0 Å². The Balaban J connectivity index is 2.35. The molecule has 5 nitrogen and oxygen atoms in total. The molecule has 1 heterocycles. The molecule has 5 heteroatoms. The van der Waals surface area contributed by atoms with Crippen LogP contribution in [-0.4, -0.2) is 26.8 Å². The maximum Gasteiger partial charge on any atom is 0.339 e. The van der Waals surface area contributed by atoms with E-state index < -0.39 is 17.7 Å². The van der Waals surface area contributed by atoms with Crippen LogP contribution in [0.2, 0.25) is 0 Å². The zero-order valence-electron chi connectivity index (χ0n) is 8.20. The first-order chi connectivity index (χ1) is 7.70. The van der Waals surface area contributed by atoms with Crippen LogP contribution in [0.3, 0.4) is 0 Å². The van der Waals surface area contributed by atoms with Gasteiger partial charge >= 0.3 is 5.97 Å². The Kier molecular flexibility index (Phi) is 2.59. The molecule has 1 unspecified atom stereocenters. The average Bonchev–Trinajstić information content (AvgIpc) is 2.30. The fourth-order valence-electron chi connectivity index (χ4n) is 1.45. The molecule has 1 N–H and O–H groups in total. The predicted octanol–water partition coefficient (Wildman–Crippen LogP) is 0.710. The Hall–Kier alpha value is -2.30. The minimum absolute atomic E-state index is 0.236. The maximum atomic E-state index is 11.8. The summed E-state index contributed by atoms with van der Waals surface area (Å²) in [5.41, 5.74) is -0.236. The zero-order valence-corrected chi connectivity index (χ0v) is 8.20. The Morgan fingerprint density at radius 3 is 2.62 bits per heavy atom. The van der Waals surface area contributed by atoms with E-state index in [2.05, 4.69) is 9.97 Å². The molecule has 0 saturated heterocycles. The second kappa shape index (κ2) is 4.06. The summed E-state index contributed by atoms with van der Waals surface area (Å²) in [6.45, 7) is 0. The van der Waals surface area contributed by atoms with E-state index in [4.69, 9.17) is 5.11 Å². The van der Waals surface area contributed by atoms with Crippen molar-refractivity contribution in [2.24, 2.45) is 0 Å². The van der Waals surface area contributed by atoms with E-state index in [1.165, 1.54) is 24.5 Å². The van der Waals surface area contributed by atoms with Crippen molar-refractivity contribution in [1.82, 2.24) is 9.97 Å². The molecule has 0 amide bonds.